The number of aromatic nitrogens is 2. The predicted molar refractivity (Wildman–Crippen MR) is 86.4 cm³/mol. The van der Waals surface area contributed by atoms with Gasteiger partial charge in [-0.3, -0.25) is 4.79 Å². The van der Waals surface area contributed by atoms with Crippen LogP contribution in [0.1, 0.15) is 10.4 Å². The molecule has 0 unspecified atom stereocenters. The number of amides is 1. The third kappa shape index (κ3) is 2.52. The molecule has 1 saturated heterocycles. The molecule has 0 N–H and O–H groups in total. The molecule has 0 bridgehead atoms. The Balaban J connectivity index is 1.52. The summed E-state index contributed by atoms with van der Waals surface area (Å²) in [6, 6.07) is 9.69. The largest absolute Gasteiger partial charge is 0.472 e. The zero-order chi connectivity index (χ0) is 15.6. The van der Waals surface area contributed by atoms with Crippen molar-refractivity contribution in [3.63, 3.8) is 0 Å². The molecule has 2 aromatic heterocycles. The molecule has 1 aliphatic heterocycles. The monoisotopic (exact) mass is 308 g/mol. The van der Waals surface area contributed by atoms with E-state index in [2.05, 4.69) is 14.9 Å². The maximum absolute atomic E-state index is 12.3. The van der Waals surface area contributed by atoms with Gasteiger partial charge in [0.1, 0.15) is 18.4 Å². The van der Waals surface area contributed by atoms with E-state index in [9.17, 15) is 4.79 Å². The molecule has 1 amide bonds. The van der Waals surface area contributed by atoms with Gasteiger partial charge in [-0.2, -0.15) is 0 Å². The Hall–Kier alpha value is -2.89. The third-order valence-electron chi connectivity index (χ3n) is 4.16. The molecule has 0 spiro atoms. The number of nitrogens with zero attached hydrogens (tertiary/aromatic N) is 4. The highest BCUT2D eigenvalue weighted by molar-refractivity contribution is 5.94. The number of anilines is 1. The molecule has 6 heteroatoms. The molecule has 0 radical (unpaired) electrons. The highest BCUT2D eigenvalue weighted by Crippen LogP contribution is 2.23. The molecule has 23 heavy (non-hydrogen) atoms. The highest BCUT2D eigenvalue weighted by Gasteiger charge is 2.24. The SMILES string of the molecule is O=C(c1ccoc1)N1CCN(c2ncnc3ccccc23)CC1. The summed E-state index contributed by atoms with van der Waals surface area (Å²) in [6.07, 6.45) is 4.61. The zero-order valence-corrected chi connectivity index (χ0v) is 12.6. The number of benzene rings is 1. The van der Waals surface area contributed by atoms with Crippen LogP contribution in [0.5, 0.6) is 0 Å². The Morgan fingerprint density at radius 1 is 1.04 bits per heavy atom. The fraction of sp³-hybridized carbons (Fsp3) is 0.235. The number of piperazine rings is 1. The van der Waals surface area contributed by atoms with Crippen LogP contribution in [-0.4, -0.2) is 47.0 Å². The molecule has 116 valence electrons. The van der Waals surface area contributed by atoms with Gasteiger partial charge in [0.2, 0.25) is 0 Å². The lowest BCUT2D eigenvalue weighted by Gasteiger charge is -2.35. The molecule has 3 aromatic rings. The first kappa shape index (κ1) is 13.8. The zero-order valence-electron chi connectivity index (χ0n) is 12.6. The molecule has 1 aromatic carbocycles. The van der Waals surface area contributed by atoms with Gasteiger partial charge in [-0.1, -0.05) is 12.1 Å². The van der Waals surface area contributed by atoms with Crippen molar-refractivity contribution in [3.05, 3.63) is 54.7 Å². The number of carbonyl (C=O) groups excluding carboxylic acids is 1. The van der Waals surface area contributed by atoms with Crippen LogP contribution in [0.15, 0.2) is 53.6 Å². The first-order chi connectivity index (χ1) is 11.3. The third-order valence-corrected chi connectivity index (χ3v) is 4.16. The van der Waals surface area contributed by atoms with Gasteiger partial charge in [0.15, 0.2) is 0 Å². The van der Waals surface area contributed by atoms with Gasteiger partial charge < -0.3 is 14.2 Å². The number of hydrogen-bond donors (Lipinski definition) is 0. The number of carbonyl (C=O) groups is 1. The molecule has 4 rings (SSSR count). The van der Waals surface area contributed by atoms with Gasteiger partial charge >= 0.3 is 0 Å². The Bertz CT molecular complexity index is 818. The summed E-state index contributed by atoms with van der Waals surface area (Å²) in [6.45, 7) is 2.85. The van der Waals surface area contributed by atoms with E-state index in [-0.39, 0.29) is 5.91 Å². The maximum Gasteiger partial charge on any atom is 0.257 e. The van der Waals surface area contributed by atoms with E-state index in [0.29, 0.717) is 18.7 Å². The standard InChI is InChI=1S/C17H16N4O2/c22-17(13-5-10-23-11-13)21-8-6-20(7-9-21)16-14-3-1-2-4-15(14)18-12-19-16/h1-5,10-12H,6-9H2. The van der Waals surface area contributed by atoms with Gasteiger partial charge in [0.25, 0.3) is 5.91 Å². The Morgan fingerprint density at radius 2 is 1.87 bits per heavy atom. The quantitative estimate of drug-likeness (QED) is 0.726. The second kappa shape index (κ2) is 5.72. The van der Waals surface area contributed by atoms with Crippen LogP contribution in [0, 0.1) is 0 Å². The van der Waals surface area contributed by atoms with E-state index in [1.165, 1.54) is 12.5 Å². The lowest BCUT2D eigenvalue weighted by molar-refractivity contribution is 0.0746. The number of fused-ring (bicyclic) bond motifs is 1. The van der Waals surface area contributed by atoms with Gasteiger partial charge in [-0.25, -0.2) is 9.97 Å². The van der Waals surface area contributed by atoms with Crippen molar-refractivity contribution in [1.29, 1.82) is 0 Å². The summed E-state index contributed by atoms with van der Waals surface area (Å²) in [5.41, 5.74) is 1.54. The minimum absolute atomic E-state index is 0.0194. The predicted octanol–water partition coefficient (Wildman–Crippen LogP) is 2.19. The summed E-state index contributed by atoms with van der Waals surface area (Å²) >= 11 is 0. The summed E-state index contributed by atoms with van der Waals surface area (Å²) < 4.78 is 4.99. The molecule has 3 heterocycles. The lowest BCUT2D eigenvalue weighted by Crippen LogP contribution is -2.49. The number of furan rings is 1. The minimum Gasteiger partial charge on any atom is -0.472 e. The van der Waals surface area contributed by atoms with Gasteiger partial charge in [-0.05, 0) is 18.2 Å². The molecule has 6 nitrogen and oxygen atoms in total. The first-order valence-corrected chi connectivity index (χ1v) is 7.59. The molecule has 1 fully saturated rings. The molecule has 0 saturated carbocycles. The van der Waals surface area contributed by atoms with E-state index >= 15 is 0 Å². The van der Waals surface area contributed by atoms with Crippen molar-refractivity contribution < 1.29 is 9.21 Å². The number of rotatable bonds is 2. The van der Waals surface area contributed by atoms with Crippen LogP contribution in [0.25, 0.3) is 10.9 Å². The second-order valence-electron chi connectivity index (χ2n) is 5.51. The summed E-state index contributed by atoms with van der Waals surface area (Å²) in [7, 11) is 0. The lowest BCUT2D eigenvalue weighted by atomic mass is 10.2. The van der Waals surface area contributed by atoms with Crippen molar-refractivity contribution in [1.82, 2.24) is 14.9 Å². The van der Waals surface area contributed by atoms with Crippen LogP contribution in [-0.2, 0) is 0 Å². The van der Waals surface area contributed by atoms with Crippen LogP contribution in [0.3, 0.4) is 0 Å². The van der Waals surface area contributed by atoms with Crippen LogP contribution < -0.4 is 4.90 Å². The number of para-hydroxylation sites is 1. The first-order valence-electron chi connectivity index (χ1n) is 7.59. The second-order valence-corrected chi connectivity index (χ2v) is 5.51. The molecular formula is C17H16N4O2. The normalized spacial score (nSPS) is 15.1. The maximum atomic E-state index is 12.3. The van der Waals surface area contributed by atoms with Crippen molar-refractivity contribution >= 4 is 22.6 Å². The van der Waals surface area contributed by atoms with E-state index in [1.54, 1.807) is 12.4 Å². The van der Waals surface area contributed by atoms with E-state index in [0.717, 1.165) is 29.8 Å². The number of hydrogen-bond acceptors (Lipinski definition) is 5. The fourth-order valence-electron chi connectivity index (χ4n) is 2.93. The van der Waals surface area contributed by atoms with Crippen molar-refractivity contribution in [2.75, 3.05) is 31.1 Å². The van der Waals surface area contributed by atoms with Crippen LogP contribution >= 0.6 is 0 Å². The van der Waals surface area contributed by atoms with Crippen molar-refractivity contribution in [2.45, 2.75) is 0 Å². The molecular weight excluding hydrogens is 292 g/mol. The highest BCUT2D eigenvalue weighted by atomic mass is 16.3. The van der Waals surface area contributed by atoms with Crippen molar-refractivity contribution in [2.24, 2.45) is 0 Å². The summed E-state index contributed by atoms with van der Waals surface area (Å²) in [5, 5.41) is 1.05. The Morgan fingerprint density at radius 3 is 2.65 bits per heavy atom. The van der Waals surface area contributed by atoms with E-state index < -0.39 is 0 Å². The smallest absolute Gasteiger partial charge is 0.257 e. The van der Waals surface area contributed by atoms with Gasteiger partial charge in [0, 0.05) is 31.6 Å². The van der Waals surface area contributed by atoms with E-state index in [4.69, 9.17) is 4.42 Å². The average molecular weight is 308 g/mol. The molecule has 1 aliphatic rings. The Kier molecular flexibility index (Phi) is 3.42. The summed E-state index contributed by atoms with van der Waals surface area (Å²) in [4.78, 5) is 25.1. The topological polar surface area (TPSA) is 62.5 Å². The van der Waals surface area contributed by atoms with Crippen LogP contribution in [0.4, 0.5) is 5.82 Å². The summed E-state index contributed by atoms with van der Waals surface area (Å²) in [5.74, 6) is 0.956. The van der Waals surface area contributed by atoms with Crippen molar-refractivity contribution in [3.8, 4) is 0 Å². The fourth-order valence-corrected chi connectivity index (χ4v) is 2.93. The van der Waals surface area contributed by atoms with E-state index in [1.807, 2.05) is 29.2 Å². The average Bonchev–Trinajstić information content (AvgIpc) is 3.15. The van der Waals surface area contributed by atoms with Crippen LogP contribution in [0.2, 0.25) is 0 Å². The van der Waals surface area contributed by atoms with Gasteiger partial charge in [-0.15, -0.1) is 0 Å². The Labute approximate surface area is 133 Å². The molecule has 0 aliphatic carbocycles. The molecule has 0 atom stereocenters. The minimum atomic E-state index is 0.0194. The van der Waals surface area contributed by atoms with Gasteiger partial charge in [0.05, 0.1) is 17.3 Å².